The number of hydrogen-bond donors (Lipinski definition) is 1. The van der Waals surface area contributed by atoms with Gasteiger partial charge in [-0.1, -0.05) is 30.3 Å². The van der Waals surface area contributed by atoms with Crippen molar-refractivity contribution in [3.8, 4) is 16.1 Å². The molecule has 19 heavy (non-hydrogen) atoms. The molecule has 94 valence electrons. The standard InChI is InChI=1S/C14H10N2O2S/c17-14(18)12-6-7-13(19-12)16-9-11(8-15-16)10-4-2-1-3-5-10/h1-9H,(H,17,18). The molecule has 4 nitrogen and oxygen atoms in total. The number of benzene rings is 1. The number of carboxylic acids is 1. The summed E-state index contributed by atoms with van der Waals surface area (Å²) in [5.74, 6) is -0.910. The minimum Gasteiger partial charge on any atom is -0.477 e. The number of aromatic carboxylic acids is 1. The summed E-state index contributed by atoms with van der Waals surface area (Å²) in [6, 6.07) is 13.3. The molecule has 0 aliphatic rings. The lowest BCUT2D eigenvalue weighted by atomic mass is 10.1. The van der Waals surface area contributed by atoms with Gasteiger partial charge in [-0.3, -0.25) is 0 Å². The van der Waals surface area contributed by atoms with Crippen LogP contribution in [-0.2, 0) is 0 Å². The third kappa shape index (κ3) is 2.28. The first-order valence-corrected chi connectivity index (χ1v) is 6.49. The van der Waals surface area contributed by atoms with Crippen LogP contribution in [0.25, 0.3) is 16.1 Å². The first kappa shape index (κ1) is 11.7. The Balaban J connectivity index is 1.94. The average Bonchev–Trinajstić information content (AvgIpc) is 3.09. The molecule has 0 atom stereocenters. The highest BCUT2D eigenvalue weighted by molar-refractivity contribution is 7.16. The van der Waals surface area contributed by atoms with Crippen LogP contribution in [0.15, 0.2) is 54.9 Å². The van der Waals surface area contributed by atoms with E-state index in [1.807, 2.05) is 36.5 Å². The molecule has 2 heterocycles. The normalized spacial score (nSPS) is 10.5. The molecule has 0 aliphatic heterocycles. The number of aromatic nitrogens is 2. The van der Waals surface area contributed by atoms with E-state index in [0.717, 1.165) is 16.1 Å². The third-order valence-electron chi connectivity index (χ3n) is 2.72. The second-order valence-corrected chi connectivity index (χ2v) is 5.04. The molecule has 0 amide bonds. The Morgan fingerprint density at radius 2 is 1.89 bits per heavy atom. The maximum Gasteiger partial charge on any atom is 0.345 e. The van der Waals surface area contributed by atoms with Gasteiger partial charge in [0, 0.05) is 11.8 Å². The van der Waals surface area contributed by atoms with Crippen molar-refractivity contribution in [2.24, 2.45) is 0 Å². The monoisotopic (exact) mass is 270 g/mol. The second-order valence-electron chi connectivity index (χ2n) is 3.98. The number of rotatable bonds is 3. The van der Waals surface area contributed by atoms with E-state index in [4.69, 9.17) is 5.11 Å². The van der Waals surface area contributed by atoms with Crippen molar-refractivity contribution < 1.29 is 9.90 Å². The van der Waals surface area contributed by atoms with Crippen molar-refractivity contribution in [3.63, 3.8) is 0 Å². The summed E-state index contributed by atoms with van der Waals surface area (Å²) >= 11 is 1.20. The van der Waals surface area contributed by atoms with Gasteiger partial charge in [-0.25, -0.2) is 9.48 Å². The number of thiophene rings is 1. The van der Waals surface area contributed by atoms with Crippen LogP contribution in [0.5, 0.6) is 0 Å². The van der Waals surface area contributed by atoms with E-state index >= 15 is 0 Å². The summed E-state index contributed by atoms with van der Waals surface area (Å²) < 4.78 is 1.69. The Labute approximate surface area is 113 Å². The fourth-order valence-corrected chi connectivity index (χ4v) is 2.57. The molecule has 1 aromatic carbocycles. The SMILES string of the molecule is O=C(O)c1ccc(-n2cc(-c3ccccc3)cn2)s1. The molecule has 2 aromatic heterocycles. The van der Waals surface area contributed by atoms with Crippen molar-refractivity contribution >= 4 is 17.3 Å². The molecule has 1 N–H and O–H groups in total. The summed E-state index contributed by atoms with van der Waals surface area (Å²) in [7, 11) is 0. The van der Waals surface area contributed by atoms with Crippen molar-refractivity contribution in [3.05, 3.63) is 59.7 Å². The second kappa shape index (κ2) is 4.70. The van der Waals surface area contributed by atoms with Gasteiger partial charge in [0.2, 0.25) is 0 Å². The molecule has 0 fully saturated rings. The van der Waals surface area contributed by atoms with Crippen LogP contribution in [-0.4, -0.2) is 20.9 Å². The lowest BCUT2D eigenvalue weighted by Crippen LogP contribution is -1.91. The van der Waals surface area contributed by atoms with Gasteiger partial charge in [-0.05, 0) is 17.7 Å². The summed E-state index contributed by atoms with van der Waals surface area (Å²) in [4.78, 5) is 11.2. The van der Waals surface area contributed by atoms with E-state index in [0.29, 0.717) is 4.88 Å². The highest BCUT2D eigenvalue weighted by atomic mass is 32.1. The van der Waals surface area contributed by atoms with E-state index in [2.05, 4.69) is 5.10 Å². The van der Waals surface area contributed by atoms with Gasteiger partial charge in [-0.2, -0.15) is 5.10 Å². The molecule has 0 bridgehead atoms. The van der Waals surface area contributed by atoms with Crippen LogP contribution in [0.1, 0.15) is 9.67 Å². The number of hydrogen-bond acceptors (Lipinski definition) is 3. The number of carboxylic acid groups (broad SMARTS) is 1. The van der Waals surface area contributed by atoms with Crippen LogP contribution >= 0.6 is 11.3 Å². The minimum absolute atomic E-state index is 0.312. The van der Waals surface area contributed by atoms with Crippen LogP contribution < -0.4 is 0 Å². The molecule has 0 saturated heterocycles. The molecular weight excluding hydrogens is 260 g/mol. The summed E-state index contributed by atoms with van der Waals surface area (Å²) in [6.45, 7) is 0. The zero-order chi connectivity index (χ0) is 13.2. The van der Waals surface area contributed by atoms with E-state index in [-0.39, 0.29) is 0 Å². The van der Waals surface area contributed by atoms with Gasteiger partial charge in [-0.15, -0.1) is 11.3 Å². The molecule has 0 saturated carbocycles. The predicted molar refractivity (Wildman–Crippen MR) is 73.8 cm³/mol. The molecule has 3 rings (SSSR count). The largest absolute Gasteiger partial charge is 0.477 e. The fourth-order valence-electron chi connectivity index (χ4n) is 1.79. The summed E-state index contributed by atoms with van der Waals surface area (Å²) in [5, 5.41) is 14.0. The Morgan fingerprint density at radius 1 is 1.11 bits per heavy atom. The van der Waals surface area contributed by atoms with Gasteiger partial charge >= 0.3 is 5.97 Å². The predicted octanol–water partition coefficient (Wildman–Crippen LogP) is 3.30. The van der Waals surface area contributed by atoms with E-state index in [9.17, 15) is 4.79 Å². The maximum absolute atomic E-state index is 10.9. The molecule has 0 radical (unpaired) electrons. The van der Waals surface area contributed by atoms with Gasteiger partial charge in [0.05, 0.1) is 6.20 Å². The van der Waals surface area contributed by atoms with E-state index in [1.165, 1.54) is 11.3 Å². The maximum atomic E-state index is 10.9. The van der Waals surface area contributed by atoms with Crippen molar-refractivity contribution in [1.29, 1.82) is 0 Å². The first-order valence-electron chi connectivity index (χ1n) is 5.67. The van der Waals surface area contributed by atoms with Crippen molar-refractivity contribution in [2.75, 3.05) is 0 Å². The summed E-state index contributed by atoms with van der Waals surface area (Å²) in [5.41, 5.74) is 2.09. The van der Waals surface area contributed by atoms with Gasteiger partial charge < -0.3 is 5.11 Å². The van der Waals surface area contributed by atoms with Crippen LogP contribution in [0, 0.1) is 0 Å². The average molecular weight is 270 g/mol. The molecule has 0 spiro atoms. The lowest BCUT2D eigenvalue weighted by molar-refractivity contribution is 0.0702. The highest BCUT2D eigenvalue weighted by Crippen LogP contribution is 2.23. The lowest BCUT2D eigenvalue weighted by Gasteiger charge is -1.96. The molecular formula is C14H10N2O2S. The number of carbonyl (C=O) groups is 1. The Morgan fingerprint density at radius 3 is 2.58 bits per heavy atom. The number of nitrogens with zero attached hydrogens (tertiary/aromatic N) is 2. The van der Waals surface area contributed by atoms with E-state index < -0.39 is 5.97 Å². The van der Waals surface area contributed by atoms with Crippen LogP contribution in [0.3, 0.4) is 0 Å². The molecule has 5 heteroatoms. The van der Waals surface area contributed by atoms with Crippen molar-refractivity contribution in [2.45, 2.75) is 0 Å². The zero-order valence-corrected chi connectivity index (χ0v) is 10.7. The smallest absolute Gasteiger partial charge is 0.345 e. The molecule has 3 aromatic rings. The molecule has 0 unspecified atom stereocenters. The van der Waals surface area contributed by atoms with Crippen LogP contribution in [0.2, 0.25) is 0 Å². The zero-order valence-electron chi connectivity index (χ0n) is 9.85. The Bertz CT molecular complexity index is 716. The molecule has 0 aliphatic carbocycles. The summed E-state index contributed by atoms with van der Waals surface area (Å²) in [6.07, 6.45) is 3.67. The Hall–Kier alpha value is -2.40. The van der Waals surface area contributed by atoms with Crippen molar-refractivity contribution in [1.82, 2.24) is 9.78 Å². The first-order chi connectivity index (χ1) is 9.24. The van der Waals surface area contributed by atoms with Gasteiger partial charge in [0.15, 0.2) is 0 Å². The van der Waals surface area contributed by atoms with Crippen LogP contribution in [0.4, 0.5) is 0 Å². The quantitative estimate of drug-likeness (QED) is 0.794. The van der Waals surface area contributed by atoms with E-state index in [1.54, 1.807) is 23.0 Å². The topological polar surface area (TPSA) is 55.1 Å². The third-order valence-corrected chi connectivity index (χ3v) is 3.78. The van der Waals surface area contributed by atoms with Gasteiger partial charge in [0.1, 0.15) is 9.88 Å². The minimum atomic E-state index is -0.910. The fraction of sp³-hybridized carbons (Fsp3) is 0. The Kier molecular flexibility index (Phi) is 2.89. The van der Waals surface area contributed by atoms with Gasteiger partial charge in [0.25, 0.3) is 0 Å². The highest BCUT2D eigenvalue weighted by Gasteiger charge is 2.09.